The molecule has 1 aromatic heterocycles. The Hall–Kier alpha value is -0.450. The zero-order chi connectivity index (χ0) is 10.8. The van der Waals surface area contributed by atoms with E-state index in [9.17, 15) is 0 Å². The van der Waals surface area contributed by atoms with E-state index in [-0.39, 0.29) is 0 Å². The topological polar surface area (TPSA) is 28.2 Å². The van der Waals surface area contributed by atoms with Crippen LogP contribution in [0.5, 0.6) is 0 Å². The molecule has 88 valence electrons. The highest BCUT2D eigenvalue weighted by molar-refractivity contribution is 7.09. The molecule has 0 spiro atoms. The first kappa shape index (κ1) is 10.7. The van der Waals surface area contributed by atoms with Gasteiger partial charge < -0.3 is 5.32 Å². The molecule has 16 heavy (non-hydrogen) atoms. The lowest BCUT2D eigenvalue weighted by atomic mass is 10.2. The average molecular weight is 237 g/mol. The van der Waals surface area contributed by atoms with Crippen LogP contribution >= 0.6 is 11.3 Å². The molecule has 2 fully saturated rings. The zero-order valence-corrected chi connectivity index (χ0v) is 10.4. The Balaban J connectivity index is 1.57. The Morgan fingerprint density at radius 3 is 3.00 bits per heavy atom. The number of rotatable bonds is 5. The molecule has 0 aromatic carbocycles. The highest BCUT2D eigenvalue weighted by atomic mass is 32.1. The summed E-state index contributed by atoms with van der Waals surface area (Å²) in [5.74, 6) is 0. The van der Waals surface area contributed by atoms with Gasteiger partial charge >= 0.3 is 0 Å². The zero-order valence-electron chi connectivity index (χ0n) is 9.56. The van der Waals surface area contributed by atoms with E-state index in [4.69, 9.17) is 0 Å². The number of hydrogen-bond donors (Lipinski definition) is 1. The molecular formula is C12H19N3S. The largest absolute Gasteiger partial charge is 0.313 e. The molecule has 3 rings (SSSR count). The standard InChI is InChI=1S/C12H19N3S/c1-2-10(14-5-1)7-15(11-3-4-11)8-12-6-13-9-16-12/h6,9-11,14H,1-5,7-8H2. The van der Waals surface area contributed by atoms with Crippen molar-refractivity contribution in [1.29, 1.82) is 0 Å². The maximum atomic E-state index is 4.16. The molecule has 1 aliphatic heterocycles. The van der Waals surface area contributed by atoms with E-state index in [1.807, 2.05) is 11.7 Å². The number of thiazole rings is 1. The van der Waals surface area contributed by atoms with Crippen LogP contribution in [0.4, 0.5) is 0 Å². The second-order valence-electron chi connectivity index (χ2n) is 4.92. The van der Waals surface area contributed by atoms with Gasteiger partial charge in [0.25, 0.3) is 0 Å². The van der Waals surface area contributed by atoms with Gasteiger partial charge in [0.1, 0.15) is 0 Å². The Kier molecular flexibility index (Phi) is 3.22. The summed E-state index contributed by atoms with van der Waals surface area (Å²) in [5, 5.41) is 3.60. The number of aromatic nitrogens is 1. The summed E-state index contributed by atoms with van der Waals surface area (Å²) in [6.45, 7) is 3.54. The lowest BCUT2D eigenvalue weighted by Gasteiger charge is -2.24. The van der Waals surface area contributed by atoms with Crippen LogP contribution in [0.15, 0.2) is 11.7 Å². The molecule has 1 saturated carbocycles. The van der Waals surface area contributed by atoms with Crippen LogP contribution in [0, 0.1) is 0 Å². The number of nitrogens with one attached hydrogen (secondary N) is 1. The molecule has 1 atom stereocenters. The number of nitrogens with zero attached hydrogens (tertiary/aromatic N) is 2. The van der Waals surface area contributed by atoms with Gasteiger partial charge in [-0.2, -0.15) is 0 Å². The first-order chi connectivity index (χ1) is 7.92. The molecule has 1 saturated heterocycles. The van der Waals surface area contributed by atoms with E-state index < -0.39 is 0 Å². The predicted molar refractivity (Wildman–Crippen MR) is 66.6 cm³/mol. The molecule has 1 unspecified atom stereocenters. The smallest absolute Gasteiger partial charge is 0.0794 e. The minimum atomic E-state index is 0.730. The van der Waals surface area contributed by atoms with Gasteiger partial charge in [-0.05, 0) is 32.2 Å². The molecule has 0 amide bonds. The molecule has 1 aromatic rings. The summed E-state index contributed by atoms with van der Waals surface area (Å²) in [4.78, 5) is 8.22. The van der Waals surface area contributed by atoms with Crippen molar-refractivity contribution < 1.29 is 0 Å². The highest BCUT2D eigenvalue weighted by Gasteiger charge is 2.31. The van der Waals surface area contributed by atoms with Gasteiger partial charge in [-0.25, -0.2) is 0 Å². The van der Waals surface area contributed by atoms with Crippen LogP contribution in [-0.4, -0.2) is 35.1 Å². The lowest BCUT2D eigenvalue weighted by Crippen LogP contribution is -2.38. The van der Waals surface area contributed by atoms with Crippen LogP contribution in [0.3, 0.4) is 0 Å². The van der Waals surface area contributed by atoms with E-state index in [1.165, 1.54) is 43.6 Å². The summed E-state index contributed by atoms with van der Waals surface area (Å²) in [5.41, 5.74) is 1.94. The third-order valence-corrected chi connectivity index (χ3v) is 4.29. The van der Waals surface area contributed by atoms with Gasteiger partial charge in [-0.15, -0.1) is 11.3 Å². The first-order valence-electron chi connectivity index (χ1n) is 6.26. The minimum absolute atomic E-state index is 0.730. The highest BCUT2D eigenvalue weighted by Crippen LogP contribution is 2.29. The molecule has 0 bridgehead atoms. The van der Waals surface area contributed by atoms with Crippen molar-refractivity contribution in [3.8, 4) is 0 Å². The predicted octanol–water partition coefficient (Wildman–Crippen LogP) is 1.86. The fourth-order valence-electron chi connectivity index (χ4n) is 2.50. The SMILES string of the molecule is c1ncc(CN(CC2CCCN2)C2CC2)s1. The molecule has 1 aliphatic carbocycles. The Labute approximate surface area is 101 Å². The summed E-state index contributed by atoms with van der Waals surface area (Å²) in [7, 11) is 0. The monoisotopic (exact) mass is 237 g/mol. The van der Waals surface area contributed by atoms with Crippen molar-refractivity contribution in [1.82, 2.24) is 15.2 Å². The van der Waals surface area contributed by atoms with Crippen LogP contribution < -0.4 is 5.32 Å². The molecule has 1 N–H and O–H groups in total. The molecular weight excluding hydrogens is 218 g/mol. The fraction of sp³-hybridized carbons (Fsp3) is 0.750. The normalized spacial score (nSPS) is 25.4. The van der Waals surface area contributed by atoms with Crippen LogP contribution in [0.25, 0.3) is 0 Å². The molecule has 2 aliphatic rings. The maximum Gasteiger partial charge on any atom is 0.0794 e. The minimum Gasteiger partial charge on any atom is -0.313 e. The fourth-order valence-corrected chi connectivity index (χ4v) is 3.12. The average Bonchev–Trinajstić information content (AvgIpc) is 2.79. The second-order valence-corrected chi connectivity index (χ2v) is 5.89. The van der Waals surface area contributed by atoms with Crippen LogP contribution in [-0.2, 0) is 6.54 Å². The van der Waals surface area contributed by atoms with Crippen molar-refractivity contribution in [2.75, 3.05) is 13.1 Å². The third-order valence-electron chi connectivity index (χ3n) is 3.52. The van der Waals surface area contributed by atoms with E-state index in [1.54, 1.807) is 11.3 Å². The Morgan fingerprint density at radius 1 is 1.44 bits per heavy atom. The van der Waals surface area contributed by atoms with Crippen molar-refractivity contribution in [2.45, 2.75) is 44.3 Å². The molecule has 4 heteroatoms. The van der Waals surface area contributed by atoms with Crippen LogP contribution in [0.2, 0.25) is 0 Å². The van der Waals surface area contributed by atoms with Crippen molar-refractivity contribution in [2.24, 2.45) is 0 Å². The summed E-state index contributed by atoms with van der Waals surface area (Å²) < 4.78 is 0. The molecule has 0 radical (unpaired) electrons. The van der Waals surface area contributed by atoms with Crippen molar-refractivity contribution >= 4 is 11.3 Å². The first-order valence-corrected chi connectivity index (χ1v) is 7.14. The van der Waals surface area contributed by atoms with Gasteiger partial charge in [-0.3, -0.25) is 9.88 Å². The third kappa shape index (κ3) is 2.62. The Morgan fingerprint density at radius 2 is 2.38 bits per heavy atom. The molecule has 2 heterocycles. The van der Waals surface area contributed by atoms with E-state index in [2.05, 4.69) is 15.2 Å². The summed E-state index contributed by atoms with van der Waals surface area (Å²) >= 11 is 1.78. The summed E-state index contributed by atoms with van der Waals surface area (Å²) in [6, 6.07) is 1.58. The maximum absolute atomic E-state index is 4.16. The van der Waals surface area contributed by atoms with Crippen molar-refractivity contribution in [3.63, 3.8) is 0 Å². The van der Waals surface area contributed by atoms with Gasteiger partial charge in [0.2, 0.25) is 0 Å². The van der Waals surface area contributed by atoms with Crippen LogP contribution in [0.1, 0.15) is 30.6 Å². The van der Waals surface area contributed by atoms with E-state index in [0.29, 0.717) is 0 Å². The quantitative estimate of drug-likeness (QED) is 0.847. The summed E-state index contributed by atoms with van der Waals surface area (Å²) in [6.07, 6.45) is 7.51. The van der Waals surface area contributed by atoms with Gasteiger partial charge in [0.05, 0.1) is 5.51 Å². The van der Waals surface area contributed by atoms with Gasteiger partial charge in [0, 0.05) is 36.2 Å². The van der Waals surface area contributed by atoms with Gasteiger partial charge in [0.15, 0.2) is 0 Å². The van der Waals surface area contributed by atoms with Gasteiger partial charge in [-0.1, -0.05) is 0 Å². The van der Waals surface area contributed by atoms with Crippen molar-refractivity contribution in [3.05, 3.63) is 16.6 Å². The second kappa shape index (κ2) is 4.82. The Bertz CT molecular complexity index is 315. The van der Waals surface area contributed by atoms with E-state index >= 15 is 0 Å². The molecule has 3 nitrogen and oxygen atoms in total. The lowest BCUT2D eigenvalue weighted by molar-refractivity contribution is 0.233. The number of hydrogen-bond acceptors (Lipinski definition) is 4. The van der Waals surface area contributed by atoms with E-state index in [0.717, 1.165) is 18.6 Å².